The van der Waals surface area contributed by atoms with E-state index in [0.29, 0.717) is 12.1 Å². The van der Waals surface area contributed by atoms with Crippen molar-refractivity contribution < 1.29 is 4.79 Å². The number of aromatic nitrogens is 2. The number of carbonyl (C=O) groups excluding carboxylic acids is 1. The first-order chi connectivity index (χ1) is 7.06. The zero-order chi connectivity index (χ0) is 11.4. The number of carbonyl (C=O) groups is 1. The van der Waals surface area contributed by atoms with Gasteiger partial charge in [-0.15, -0.1) is 0 Å². The van der Waals surface area contributed by atoms with Crippen LogP contribution in [-0.4, -0.2) is 40.2 Å². The van der Waals surface area contributed by atoms with Crippen LogP contribution in [0.25, 0.3) is 0 Å². The number of rotatable bonds is 4. The molecule has 0 saturated carbocycles. The molecule has 5 heteroatoms. The van der Waals surface area contributed by atoms with E-state index in [-0.39, 0.29) is 11.9 Å². The maximum atomic E-state index is 11.9. The lowest BCUT2D eigenvalue weighted by molar-refractivity contribution is 0.0739. The molecule has 0 aliphatic rings. The fraction of sp³-hybridized carbons (Fsp3) is 0.600. The third-order valence-electron chi connectivity index (χ3n) is 2.52. The van der Waals surface area contributed by atoms with Crippen molar-refractivity contribution in [3.8, 4) is 0 Å². The van der Waals surface area contributed by atoms with Gasteiger partial charge in [-0.2, -0.15) is 5.10 Å². The molecule has 1 aromatic rings. The van der Waals surface area contributed by atoms with Crippen LogP contribution in [-0.2, 0) is 7.05 Å². The lowest BCUT2D eigenvalue weighted by Gasteiger charge is -2.23. The summed E-state index contributed by atoms with van der Waals surface area (Å²) in [6.45, 7) is 2.58. The minimum Gasteiger partial charge on any atom is -0.339 e. The lowest BCUT2D eigenvalue weighted by atomic mass is 10.2. The molecule has 0 saturated heterocycles. The van der Waals surface area contributed by atoms with E-state index in [9.17, 15) is 4.79 Å². The highest BCUT2D eigenvalue weighted by Crippen LogP contribution is 2.07. The van der Waals surface area contributed by atoms with Crippen LogP contribution in [0.3, 0.4) is 0 Å². The summed E-state index contributed by atoms with van der Waals surface area (Å²) in [6.07, 6.45) is 4.10. The predicted molar refractivity (Wildman–Crippen MR) is 58.4 cm³/mol. The summed E-state index contributed by atoms with van der Waals surface area (Å²) in [7, 11) is 3.58. The maximum absolute atomic E-state index is 11.9. The minimum atomic E-state index is -0.0101. The lowest BCUT2D eigenvalue weighted by Crippen LogP contribution is -2.36. The Morgan fingerprint density at radius 3 is 2.87 bits per heavy atom. The van der Waals surface area contributed by atoms with Gasteiger partial charge in [0, 0.05) is 26.3 Å². The van der Waals surface area contributed by atoms with Crippen molar-refractivity contribution in [2.24, 2.45) is 12.8 Å². The SMILES string of the molecule is CC(CCN)N(C)C(=O)c1cnn(C)c1. The summed E-state index contributed by atoms with van der Waals surface area (Å²) in [5.41, 5.74) is 6.07. The normalized spacial score (nSPS) is 12.5. The number of hydrogen-bond donors (Lipinski definition) is 1. The maximum Gasteiger partial charge on any atom is 0.257 e. The van der Waals surface area contributed by atoms with Crippen LogP contribution in [0.15, 0.2) is 12.4 Å². The third-order valence-corrected chi connectivity index (χ3v) is 2.52. The molecule has 0 bridgehead atoms. The first-order valence-corrected chi connectivity index (χ1v) is 5.02. The summed E-state index contributed by atoms with van der Waals surface area (Å²) < 4.78 is 1.62. The second-order valence-electron chi connectivity index (χ2n) is 3.75. The van der Waals surface area contributed by atoms with Gasteiger partial charge in [0.05, 0.1) is 11.8 Å². The van der Waals surface area contributed by atoms with Crippen LogP contribution < -0.4 is 5.73 Å². The summed E-state index contributed by atoms with van der Waals surface area (Å²) in [4.78, 5) is 13.6. The molecule has 0 radical (unpaired) electrons. The predicted octanol–water partition coefficient (Wildman–Crippen LogP) is 0.229. The van der Waals surface area contributed by atoms with Gasteiger partial charge < -0.3 is 10.6 Å². The Bertz CT molecular complexity index is 334. The Labute approximate surface area is 89.9 Å². The molecule has 1 amide bonds. The van der Waals surface area contributed by atoms with Crippen molar-refractivity contribution in [3.63, 3.8) is 0 Å². The number of amides is 1. The van der Waals surface area contributed by atoms with E-state index in [2.05, 4.69) is 5.10 Å². The molecule has 1 rings (SSSR count). The average Bonchev–Trinajstić information content (AvgIpc) is 2.63. The van der Waals surface area contributed by atoms with Crippen LogP contribution >= 0.6 is 0 Å². The first kappa shape index (κ1) is 11.7. The Morgan fingerprint density at radius 1 is 1.73 bits per heavy atom. The molecule has 84 valence electrons. The van der Waals surface area contributed by atoms with Crippen molar-refractivity contribution in [1.29, 1.82) is 0 Å². The fourth-order valence-corrected chi connectivity index (χ4v) is 1.37. The van der Waals surface area contributed by atoms with Crippen LogP contribution in [0.4, 0.5) is 0 Å². The molecule has 0 aromatic carbocycles. The summed E-state index contributed by atoms with van der Waals surface area (Å²) in [5, 5.41) is 3.97. The highest BCUT2D eigenvalue weighted by atomic mass is 16.2. The van der Waals surface area contributed by atoms with Gasteiger partial charge in [0.1, 0.15) is 0 Å². The molecule has 5 nitrogen and oxygen atoms in total. The van der Waals surface area contributed by atoms with E-state index in [0.717, 1.165) is 6.42 Å². The molecule has 0 aliphatic heterocycles. The van der Waals surface area contributed by atoms with Crippen molar-refractivity contribution in [2.45, 2.75) is 19.4 Å². The minimum absolute atomic E-state index is 0.0101. The van der Waals surface area contributed by atoms with E-state index in [1.807, 2.05) is 6.92 Å². The third kappa shape index (κ3) is 2.79. The molecule has 1 heterocycles. The van der Waals surface area contributed by atoms with Gasteiger partial charge in [-0.05, 0) is 19.9 Å². The zero-order valence-corrected chi connectivity index (χ0v) is 9.47. The molecule has 2 N–H and O–H groups in total. The number of aryl methyl sites for hydroxylation is 1. The molecule has 0 fully saturated rings. The number of hydrogen-bond acceptors (Lipinski definition) is 3. The zero-order valence-electron chi connectivity index (χ0n) is 9.47. The van der Waals surface area contributed by atoms with Gasteiger partial charge in [-0.3, -0.25) is 9.48 Å². The highest BCUT2D eigenvalue weighted by Gasteiger charge is 2.17. The summed E-state index contributed by atoms with van der Waals surface area (Å²) in [6, 6.07) is 0.155. The van der Waals surface area contributed by atoms with Gasteiger partial charge in [0.15, 0.2) is 0 Å². The van der Waals surface area contributed by atoms with Gasteiger partial charge in [-0.25, -0.2) is 0 Å². The van der Waals surface area contributed by atoms with Gasteiger partial charge in [0.25, 0.3) is 5.91 Å². The molecule has 1 unspecified atom stereocenters. The Hall–Kier alpha value is -1.36. The van der Waals surface area contributed by atoms with Crippen LogP contribution in [0.5, 0.6) is 0 Å². The van der Waals surface area contributed by atoms with E-state index in [4.69, 9.17) is 5.73 Å². The second-order valence-corrected chi connectivity index (χ2v) is 3.75. The largest absolute Gasteiger partial charge is 0.339 e. The van der Waals surface area contributed by atoms with Crippen LogP contribution in [0.1, 0.15) is 23.7 Å². The monoisotopic (exact) mass is 210 g/mol. The summed E-state index contributed by atoms with van der Waals surface area (Å²) in [5.74, 6) is -0.0101. The van der Waals surface area contributed by atoms with Crippen molar-refractivity contribution in [3.05, 3.63) is 18.0 Å². The molecule has 15 heavy (non-hydrogen) atoms. The quantitative estimate of drug-likeness (QED) is 0.773. The van der Waals surface area contributed by atoms with Gasteiger partial charge >= 0.3 is 0 Å². The molecule has 0 aliphatic carbocycles. The number of nitrogens with two attached hydrogens (primary N) is 1. The Kier molecular flexibility index (Phi) is 3.85. The second kappa shape index (κ2) is 4.93. The van der Waals surface area contributed by atoms with Gasteiger partial charge in [-0.1, -0.05) is 0 Å². The molecular formula is C10H18N4O. The smallest absolute Gasteiger partial charge is 0.257 e. The van der Waals surface area contributed by atoms with E-state index < -0.39 is 0 Å². The topological polar surface area (TPSA) is 64.2 Å². The van der Waals surface area contributed by atoms with Crippen LogP contribution in [0.2, 0.25) is 0 Å². The van der Waals surface area contributed by atoms with E-state index >= 15 is 0 Å². The van der Waals surface area contributed by atoms with Crippen molar-refractivity contribution in [2.75, 3.05) is 13.6 Å². The molecule has 1 atom stereocenters. The van der Waals surface area contributed by atoms with Gasteiger partial charge in [0.2, 0.25) is 0 Å². The number of nitrogens with zero attached hydrogens (tertiary/aromatic N) is 3. The van der Waals surface area contributed by atoms with E-state index in [1.54, 1.807) is 36.1 Å². The van der Waals surface area contributed by atoms with Crippen LogP contribution in [0, 0.1) is 0 Å². The first-order valence-electron chi connectivity index (χ1n) is 5.02. The Morgan fingerprint density at radius 2 is 2.40 bits per heavy atom. The molecule has 0 spiro atoms. The Balaban J connectivity index is 2.68. The van der Waals surface area contributed by atoms with Crippen molar-refractivity contribution in [1.82, 2.24) is 14.7 Å². The molecule has 1 aromatic heterocycles. The molecular weight excluding hydrogens is 192 g/mol. The summed E-state index contributed by atoms with van der Waals surface area (Å²) >= 11 is 0. The highest BCUT2D eigenvalue weighted by molar-refractivity contribution is 5.93. The standard InChI is InChI=1S/C10H18N4O/c1-8(4-5-11)14(3)10(15)9-6-12-13(2)7-9/h6-8H,4-5,11H2,1-3H3. The fourth-order valence-electron chi connectivity index (χ4n) is 1.37. The van der Waals surface area contributed by atoms with E-state index in [1.165, 1.54) is 0 Å². The average molecular weight is 210 g/mol. The van der Waals surface area contributed by atoms with Crippen molar-refractivity contribution >= 4 is 5.91 Å².